The van der Waals surface area contributed by atoms with Gasteiger partial charge in [0.15, 0.2) is 0 Å². The van der Waals surface area contributed by atoms with Crippen molar-refractivity contribution in [2.24, 2.45) is 5.41 Å². The van der Waals surface area contributed by atoms with E-state index in [0.29, 0.717) is 12.8 Å². The van der Waals surface area contributed by atoms with E-state index in [-0.39, 0.29) is 11.7 Å². The lowest BCUT2D eigenvalue weighted by Gasteiger charge is -2.11. The highest BCUT2D eigenvalue weighted by molar-refractivity contribution is 7.09. The van der Waals surface area contributed by atoms with Gasteiger partial charge in [0.2, 0.25) is 0 Å². The molecule has 4 heteroatoms. The molecule has 2 atom stereocenters. The number of carbonyl (C=O) groups is 1. The highest BCUT2D eigenvalue weighted by atomic mass is 32.1. The Balaban J connectivity index is 1.85. The Morgan fingerprint density at radius 2 is 2.11 bits per heavy atom. The van der Waals surface area contributed by atoms with Crippen LogP contribution in [0.15, 0.2) is 41.8 Å². The fraction of sp³-hybridized carbons (Fsp3) is 0.267. The Labute approximate surface area is 114 Å². The van der Waals surface area contributed by atoms with Crippen LogP contribution in [-0.2, 0) is 11.2 Å². The van der Waals surface area contributed by atoms with Gasteiger partial charge in [0.1, 0.15) is 5.82 Å². The molecule has 1 fully saturated rings. The number of rotatable bonds is 4. The SMILES string of the molecule is O=C(O)C1(Cc2cccs2)CC1c1ccc(F)cc1. The number of thiophene rings is 1. The molecule has 0 saturated heterocycles. The summed E-state index contributed by atoms with van der Waals surface area (Å²) in [5.74, 6) is -1.05. The number of carboxylic acid groups (broad SMARTS) is 1. The standard InChI is InChI=1S/C15H13FO2S/c16-11-5-3-10(4-6-11)13-9-15(13,14(17)18)8-12-2-1-7-19-12/h1-7,13H,8-9H2,(H,17,18). The van der Waals surface area contributed by atoms with Gasteiger partial charge in [-0.15, -0.1) is 11.3 Å². The van der Waals surface area contributed by atoms with E-state index >= 15 is 0 Å². The van der Waals surface area contributed by atoms with E-state index in [0.717, 1.165) is 10.4 Å². The summed E-state index contributed by atoms with van der Waals surface area (Å²) in [6, 6.07) is 10.1. The molecule has 1 aromatic carbocycles. The Bertz CT molecular complexity index is 591. The van der Waals surface area contributed by atoms with E-state index in [1.807, 2.05) is 17.5 Å². The first-order valence-electron chi connectivity index (χ1n) is 6.13. The van der Waals surface area contributed by atoms with Crippen molar-refractivity contribution in [1.29, 1.82) is 0 Å². The number of carboxylic acids is 1. The van der Waals surface area contributed by atoms with Crippen LogP contribution in [0.2, 0.25) is 0 Å². The van der Waals surface area contributed by atoms with E-state index < -0.39 is 11.4 Å². The van der Waals surface area contributed by atoms with E-state index in [1.165, 1.54) is 12.1 Å². The van der Waals surface area contributed by atoms with Crippen LogP contribution in [0.4, 0.5) is 4.39 Å². The second-order valence-electron chi connectivity index (χ2n) is 5.03. The third-order valence-electron chi connectivity index (χ3n) is 3.84. The minimum atomic E-state index is -0.754. The highest BCUT2D eigenvalue weighted by Crippen LogP contribution is 2.61. The van der Waals surface area contributed by atoms with E-state index in [1.54, 1.807) is 23.5 Å². The zero-order valence-corrected chi connectivity index (χ0v) is 11.0. The molecule has 2 nitrogen and oxygen atoms in total. The van der Waals surface area contributed by atoms with Crippen molar-refractivity contribution < 1.29 is 14.3 Å². The second-order valence-corrected chi connectivity index (χ2v) is 6.06. The first kappa shape index (κ1) is 12.4. The molecule has 1 aliphatic rings. The second kappa shape index (κ2) is 4.46. The largest absolute Gasteiger partial charge is 0.481 e. The molecule has 2 unspecified atom stereocenters. The number of hydrogen-bond acceptors (Lipinski definition) is 2. The van der Waals surface area contributed by atoms with Crippen LogP contribution in [0.1, 0.15) is 22.8 Å². The summed E-state index contributed by atoms with van der Waals surface area (Å²) in [4.78, 5) is 12.7. The predicted octanol–water partition coefficient (Wildman–Crippen LogP) is 3.69. The molecule has 1 saturated carbocycles. The van der Waals surface area contributed by atoms with Crippen molar-refractivity contribution in [3.63, 3.8) is 0 Å². The molecule has 0 aliphatic heterocycles. The maximum atomic E-state index is 12.9. The van der Waals surface area contributed by atoms with Crippen molar-refractivity contribution in [3.8, 4) is 0 Å². The molecule has 0 bridgehead atoms. The van der Waals surface area contributed by atoms with E-state index in [4.69, 9.17) is 0 Å². The van der Waals surface area contributed by atoms with Crippen LogP contribution in [-0.4, -0.2) is 11.1 Å². The molecule has 0 radical (unpaired) electrons. The monoisotopic (exact) mass is 276 g/mol. The molecule has 98 valence electrons. The lowest BCUT2D eigenvalue weighted by Crippen LogP contribution is -2.19. The molecular formula is C15H13FO2S. The van der Waals surface area contributed by atoms with Gasteiger partial charge in [-0.05, 0) is 42.0 Å². The Morgan fingerprint density at radius 1 is 1.37 bits per heavy atom. The maximum Gasteiger partial charge on any atom is 0.310 e. The van der Waals surface area contributed by atoms with Gasteiger partial charge in [-0.3, -0.25) is 4.79 Å². The molecule has 3 rings (SSSR count). The summed E-state index contributed by atoms with van der Waals surface area (Å²) in [7, 11) is 0. The molecule has 1 N–H and O–H groups in total. The molecule has 19 heavy (non-hydrogen) atoms. The lowest BCUT2D eigenvalue weighted by atomic mass is 9.95. The Hall–Kier alpha value is -1.68. The summed E-state index contributed by atoms with van der Waals surface area (Å²) in [5, 5.41) is 11.5. The summed E-state index contributed by atoms with van der Waals surface area (Å²) >= 11 is 1.58. The number of benzene rings is 1. The van der Waals surface area contributed by atoms with Crippen molar-refractivity contribution in [1.82, 2.24) is 0 Å². The normalized spacial score (nSPS) is 25.2. The fourth-order valence-electron chi connectivity index (χ4n) is 2.67. The topological polar surface area (TPSA) is 37.3 Å². The summed E-state index contributed by atoms with van der Waals surface area (Å²) in [5.41, 5.74) is 0.211. The van der Waals surface area contributed by atoms with Gasteiger partial charge in [-0.2, -0.15) is 0 Å². The van der Waals surface area contributed by atoms with Crippen molar-refractivity contribution in [3.05, 3.63) is 58.0 Å². The Kier molecular flexibility index (Phi) is 2.90. The minimum Gasteiger partial charge on any atom is -0.481 e. The van der Waals surface area contributed by atoms with Crippen LogP contribution < -0.4 is 0 Å². The van der Waals surface area contributed by atoms with E-state index in [2.05, 4.69) is 0 Å². The van der Waals surface area contributed by atoms with Crippen molar-refractivity contribution in [2.75, 3.05) is 0 Å². The Morgan fingerprint density at radius 3 is 2.68 bits per heavy atom. The van der Waals surface area contributed by atoms with Gasteiger partial charge in [0, 0.05) is 10.8 Å². The smallest absolute Gasteiger partial charge is 0.310 e. The molecule has 0 amide bonds. The van der Waals surface area contributed by atoms with Gasteiger partial charge >= 0.3 is 5.97 Å². The average Bonchev–Trinajstić information content (AvgIpc) is 2.88. The van der Waals surface area contributed by atoms with Crippen molar-refractivity contribution >= 4 is 17.3 Å². The number of halogens is 1. The summed E-state index contributed by atoms with van der Waals surface area (Å²) < 4.78 is 12.9. The van der Waals surface area contributed by atoms with Gasteiger partial charge in [0.05, 0.1) is 5.41 Å². The van der Waals surface area contributed by atoms with Crippen LogP contribution in [0.3, 0.4) is 0 Å². The average molecular weight is 276 g/mol. The summed E-state index contributed by atoms with van der Waals surface area (Å²) in [6.45, 7) is 0. The highest BCUT2D eigenvalue weighted by Gasteiger charge is 2.60. The van der Waals surface area contributed by atoms with Crippen LogP contribution in [0.5, 0.6) is 0 Å². The number of hydrogen-bond donors (Lipinski definition) is 1. The predicted molar refractivity (Wildman–Crippen MR) is 71.8 cm³/mol. The van der Waals surface area contributed by atoms with Crippen LogP contribution in [0.25, 0.3) is 0 Å². The van der Waals surface area contributed by atoms with Gasteiger partial charge in [0.25, 0.3) is 0 Å². The van der Waals surface area contributed by atoms with Crippen LogP contribution in [0, 0.1) is 11.2 Å². The molecule has 0 spiro atoms. The molecular weight excluding hydrogens is 263 g/mol. The van der Waals surface area contributed by atoms with E-state index in [9.17, 15) is 14.3 Å². The lowest BCUT2D eigenvalue weighted by molar-refractivity contribution is -0.143. The van der Waals surface area contributed by atoms with Gasteiger partial charge in [-0.25, -0.2) is 4.39 Å². The van der Waals surface area contributed by atoms with Crippen LogP contribution >= 0.6 is 11.3 Å². The molecule has 1 heterocycles. The third kappa shape index (κ3) is 2.16. The fourth-order valence-corrected chi connectivity index (χ4v) is 3.50. The van der Waals surface area contributed by atoms with Crippen molar-refractivity contribution in [2.45, 2.75) is 18.8 Å². The number of aliphatic carboxylic acids is 1. The maximum absolute atomic E-state index is 12.9. The van der Waals surface area contributed by atoms with Gasteiger partial charge < -0.3 is 5.11 Å². The zero-order valence-electron chi connectivity index (χ0n) is 10.2. The minimum absolute atomic E-state index is 0.00676. The molecule has 1 aliphatic carbocycles. The zero-order chi connectivity index (χ0) is 13.5. The third-order valence-corrected chi connectivity index (χ3v) is 4.72. The first-order valence-corrected chi connectivity index (χ1v) is 7.01. The first-order chi connectivity index (χ1) is 9.12. The molecule has 1 aromatic heterocycles. The molecule has 2 aromatic rings. The summed E-state index contributed by atoms with van der Waals surface area (Å²) in [6.07, 6.45) is 1.19. The quantitative estimate of drug-likeness (QED) is 0.924. The van der Waals surface area contributed by atoms with Gasteiger partial charge in [-0.1, -0.05) is 18.2 Å².